The number of rotatable bonds is 7. The first-order valence-electron chi connectivity index (χ1n) is 4.77. The van der Waals surface area contributed by atoms with Crippen LogP contribution < -0.4 is 0 Å². The van der Waals surface area contributed by atoms with Gasteiger partial charge in [-0.1, -0.05) is 53.7 Å². The summed E-state index contributed by atoms with van der Waals surface area (Å²) in [6, 6.07) is 0. The summed E-state index contributed by atoms with van der Waals surface area (Å²) >= 11 is 22.9. The number of alkyl halides is 4. The Kier molecular flexibility index (Phi) is 8.62. The summed E-state index contributed by atoms with van der Waals surface area (Å²) in [6.07, 6.45) is 7.74. The first kappa shape index (κ1) is 14.9. The van der Waals surface area contributed by atoms with Crippen LogP contribution in [0.3, 0.4) is 0 Å². The standard InChI is InChI=1S/C10H16Cl4/c1-2-3-4-5-6-7-9(11)8-10(12,13)14/h2,9H,1,3-8H2. The molecule has 0 rings (SSSR count). The molecule has 0 aromatic carbocycles. The largest absolute Gasteiger partial charge is 0.192 e. The lowest BCUT2D eigenvalue weighted by Gasteiger charge is -2.15. The van der Waals surface area contributed by atoms with Crippen LogP contribution in [0.4, 0.5) is 0 Å². The summed E-state index contributed by atoms with van der Waals surface area (Å²) in [5, 5.41) is -0.0359. The second-order valence-electron chi connectivity index (χ2n) is 3.34. The molecule has 0 amide bonds. The van der Waals surface area contributed by atoms with Crippen LogP contribution in [0.2, 0.25) is 0 Å². The Hall–Kier alpha value is 0.900. The van der Waals surface area contributed by atoms with Gasteiger partial charge in [-0.2, -0.15) is 0 Å². The van der Waals surface area contributed by atoms with Crippen LogP contribution >= 0.6 is 46.4 Å². The van der Waals surface area contributed by atoms with Crippen LogP contribution in [0.1, 0.15) is 38.5 Å². The topological polar surface area (TPSA) is 0 Å². The molecule has 0 saturated carbocycles. The quantitative estimate of drug-likeness (QED) is 0.328. The molecule has 0 radical (unpaired) electrons. The van der Waals surface area contributed by atoms with Gasteiger partial charge in [0.05, 0.1) is 0 Å². The minimum Gasteiger partial charge on any atom is -0.123 e. The van der Waals surface area contributed by atoms with Crippen molar-refractivity contribution >= 4 is 46.4 Å². The summed E-state index contributed by atoms with van der Waals surface area (Å²) in [5.41, 5.74) is 0. The molecule has 0 heterocycles. The van der Waals surface area contributed by atoms with Gasteiger partial charge in [0.25, 0.3) is 0 Å². The highest BCUT2D eigenvalue weighted by Gasteiger charge is 2.23. The number of hydrogen-bond donors (Lipinski definition) is 0. The second-order valence-corrected chi connectivity index (χ2v) is 6.48. The Balaban J connectivity index is 3.35. The number of halogens is 4. The third kappa shape index (κ3) is 11.0. The second kappa shape index (κ2) is 8.10. The van der Waals surface area contributed by atoms with Crippen molar-refractivity contribution in [2.24, 2.45) is 0 Å². The van der Waals surface area contributed by atoms with Gasteiger partial charge in [0.2, 0.25) is 0 Å². The first-order valence-corrected chi connectivity index (χ1v) is 6.34. The number of hydrogen-bond acceptors (Lipinski definition) is 0. The van der Waals surface area contributed by atoms with E-state index in [9.17, 15) is 0 Å². The fourth-order valence-electron chi connectivity index (χ4n) is 1.18. The third-order valence-electron chi connectivity index (χ3n) is 1.88. The van der Waals surface area contributed by atoms with E-state index in [1.54, 1.807) is 0 Å². The number of allylic oxidation sites excluding steroid dienone is 1. The maximum Gasteiger partial charge on any atom is 0.192 e. The zero-order chi connectivity index (χ0) is 11.0. The van der Waals surface area contributed by atoms with Crippen molar-refractivity contribution in [2.45, 2.75) is 47.7 Å². The van der Waals surface area contributed by atoms with E-state index in [1.807, 2.05) is 6.08 Å². The molecule has 0 saturated heterocycles. The lowest BCUT2D eigenvalue weighted by Crippen LogP contribution is -2.11. The molecule has 0 fully saturated rings. The van der Waals surface area contributed by atoms with Gasteiger partial charge in [0.1, 0.15) is 0 Å². The van der Waals surface area contributed by atoms with E-state index in [2.05, 4.69) is 6.58 Å². The Labute approximate surface area is 107 Å². The van der Waals surface area contributed by atoms with E-state index in [-0.39, 0.29) is 5.38 Å². The van der Waals surface area contributed by atoms with E-state index >= 15 is 0 Å². The predicted molar refractivity (Wildman–Crippen MR) is 67.8 cm³/mol. The molecule has 1 unspecified atom stereocenters. The average Bonchev–Trinajstić information content (AvgIpc) is 2.00. The predicted octanol–water partition coefficient (Wildman–Crippen LogP) is 5.49. The molecule has 0 nitrogen and oxygen atoms in total. The maximum atomic E-state index is 6.00. The highest BCUT2D eigenvalue weighted by Crippen LogP contribution is 2.34. The fraction of sp³-hybridized carbons (Fsp3) is 0.800. The normalized spacial score (nSPS) is 14.0. The van der Waals surface area contributed by atoms with E-state index < -0.39 is 3.79 Å². The molecule has 1 atom stereocenters. The monoisotopic (exact) mass is 276 g/mol. The summed E-state index contributed by atoms with van der Waals surface area (Å²) in [5.74, 6) is 0. The smallest absolute Gasteiger partial charge is 0.123 e. The number of unbranched alkanes of at least 4 members (excludes halogenated alkanes) is 3. The zero-order valence-electron chi connectivity index (χ0n) is 8.12. The highest BCUT2D eigenvalue weighted by atomic mass is 35.6. The lowest BCUT2D eigenvalue weighted by atomic mass is 10.1. The van der Waals surface area contributed by atoms with E-state index in [0.29, 0.717) is 6.42 Å². The van der Waals surface area contributed by atoms with Gasteiger partial charge < -0.3 is 0 Å². The van der Waals surface area contributed by atoms with Crippen molar-refractivity contribution in [1.82, 2.24) is 0 Å². The van der Waals surface area contributed by atoms with Crippen LogP contribution in [-0.4, -0.2) is 9.17 Å². The van der Waals surface area contributed by atoms with Crippen LogP contribution in [-0.2, 0) is 0 Å². The summed E-state index contributed by atoms with van der Waals surface area (Å²) in [6.45, 7) is 3.66. The van der Waals surface area contributed by atoms with Gasteiger partial charge >= 0.3 is 0 Å². The van der Waals surface area contributed by atoms with Crippen molar-refractivity contribution in [3.63, 3.8) is 0 Å². The molecule has 4 heteroatoms. The van der Waals surface area contributed by atoms with E-state index in [0.717, 1.165) is 25.7 Å². The SMILES string of the molecule is C=CCCCCCC(Cl)CC(Cl)(Cl)Cl. The van der Waals surface area contributed by atoms with Crippen molar-refractivity contribution in [1.29, 1.82) is 0 Å². The summed E-state index contributed by atoms with van der Waals surface area (Å²) in [7, 11) is 0. The van der Waals surface area contributed by atoms with Gasteiger partial charge in [0, 0.05) is 11.8 Å². The highest BCUT2D eigenvalue weighted by molar-refractivity contribution is 6.67. The molecule has 0 aliphatic rings. The van der Waals surface area contributed by atoms with E-state index in [4.69, 9.17) is 46.4 Å². The van der Waals surface area contributed by atoms with Crippen LogP contribution in [0.5, 0.6) is 0 Å². The average molecular weight is 278 g/mol. The molecule has 84 valence electrons. The minimum atomic E-state index is -1.21. The molecular weight excluding hydrogens is 262 g/mol. The van der Waals surface area contributed by atoms with Crippen molar-refractivity contribution in [3.8, 4) is 0 Å². The minimum absolute atomic E-state index is 0.0359. The maximum absolute atomic E-state index is 6.00. The molecule has 0 aromatic heterocycles. The molecule has 0 aliphatic carbocycles. The van der Waals surface area contributed by atoms with Gasteiger partial charge in [-0.25, -0.2) is 0 Å². The Morgan fingerprint density at radius 1 is 1.14 bits per heavy atom. The van der Waals surface area contributed by atoms with Crippen molar-refractivity contribution < 1.29 is 0 Å². The molecule has 0 spiro atoms. The Bertz CT molecular complexity index is 151. The van der Waals surface area contributed by atoms with Crippen molar-refractivity contribution in [3.05, 3.63) is 12.7 Å². The summed E-state index contributed by atoms with van der Waals surface area (Å²) in [4.78, 5) is 0. The first-order chi connectivity index (χ1) is 6.45. The van der Waals surface area contributed by atoms with Crippen LogP contribution in [0.15, 0.2) is 12.7 Å². The van der Waals surface area contributed by atoms with Gasteiger partial charge in [-0.05, 0) is 19.3 Å². The molecule has 0 aliphatic heterocycles. The summed E-state index contributed by atoms with van der Waals surface area (Å²) < 4.78 is -1.21. The molecule has 0 aromatic rings. The van der Waals surface area contributed by atoms with Crippen molar-refractivity contribution in [2.75, 3.05) is 0 Å². The zero-order valence-corrected chi connectivity index (χ0v) is 11.1. The molecule has 0 N–H and O–H groups in total. The molecule has 0 bridgehead atoms. The molecule has 14 heavy (non-hydrogen) atoms. The lowest BCUT2D eigenvalue weighted by molar-refractivity contribution is 0.607. The van der Waals surface area contributed by atoms with Crippen LogP contribution in [0.25, 0.3) is 0 Å². The van der Waals surface area contributed by atoms with Gasteiger partial charge in [0.15, 0.2) is 3.79 Å². The Morgan fingerprint density at radius 3 is 2.29 bits per heavy atom. The van der Waals surface area contributed by atoms with Gasteiger partial charge in [-0.3, -0.25) is 0 Å². The van der Waals surface area contributed by atoms with Gasteiger partial charge in [-0.15, -0.1) is 18.2 Å². The van der Waals surface area contributed by atoms with E-state index in [1.165, 1.54) is 6.42 Å². The Morgan fingerprint density at radius 2 is 1.79 bits per heavy atom. The molecular formula is C10H16Cl4. The third-order valence-corrected chi connectivity index (χ3v) is 2.71. The fourth-order valence-corrected chi connectivity index (χ4v) is 2.37. The van der Waals surface area contributed by atoms with Crippen LogP contribution in [0, 0.1) is 0 Å².